The molecular formula is C20H24NO4+. The molecule has 2 N–H and O–H groups in total. The summed E-state index contributed by atoms with van der Waals surface area (Å²) in [5, 5.41) is 2.23. The largest absolute Gasteiger partial charge is 0.496 e. The van der Waals surface area contributed by atoms with E-state index >= 15 is 0 Å². The summed E-state index contributed by atoms with van der Waals surface area (Å²) in [6.07, 6.45) is 1.24. The maximum atomic E-state index is 6.00. The van der Waals surface area contributed by atoms with Crippen LogP contribution in [0.15, 0.2) is 36.4 Å². The minimum atomic E-state index is 0.0478. The van der Waals surface area contributed by atoms with Crippen LogP contribution in [0.2, 0.25) is 0 Å². The summed E-state index contributed by atoms with van der Waals surface area (Å²) in [5.41, 5.74) is 2.38. The number of para-hydroxylation sites is 2. The molecule has 0 unspecified atom stereocenters. The third kappa shape index (κ3) is 3.37. The highest BCUT2D eigenvalue weighted by Crippen LogP contribution is 2.34. The van der Waals surface area contributed by atoms with Crippen molar-refractivity contribution < 1.29 is 24.3 Å². The number of hydrogen-bond acceptors (Lipinski definition) is 4. The number of methoxy groups -OCH3 is 1. The van der Waals surface area contributed by atoms with E-state index in [1.165, 1.54) is 5.56 Å². The molecule has 5 heteroatoms. The second-order valence-corrected chi connectivity index (χ2v) is 6.63. The molecule has 0 spiro atoms. The lowest BCUT2D eigenvalue weighted by Gasteiger charge is -2.25. The number of rotatable bonds is 5. The Morgan fingerprint density at radius 2 is 1.96 bits per heavy atom. The van der Waals surface area contributed by atoms with Crippen molar-refractivity contribution in [3.05, 3.63) is 47.5 Å². The topological polar surface area (TPSA) is 53.5 Å². The average molecular weight is 342 g/mol. The van der Waals surface area contributed by atoms with E-state index in [1.54, 1.807) is 7.11 Å². The van der Waals surface area contributed by atoms with Crippen LogP contribution in [-0.2, 0) is 13.0 Å². The molecule has 0 bridgehead atoms. The lowest BCUT2D eigenvalue weighted by Crippen LogP contribution is -2.85. The van der Waals surface area contributed by atoms with E-state index in [1.807, 2.05) is 24.3 Å². The molecule has 5 nitrogen and oxygen atoms in total. The van der Waals surface area contributed by atoms with Crippen molar-refractivity contribution >= 4 is 0 Å². The van der Waals surface area contributed by atoms with Crippen LogP contribution in [0.5, 0.6) is 23.0 Å². The van der Waals surface area contributed by atoms with Gasteiger partial charge in [0.1, 0.15) is 37.3 Å². The lowest BCUT2D eigenvalue weighted by atomic mass is 10.1. The molecule has 0 amide bonds. The fourth-order valence-corrected chi connectivity index (χ4v) is 3.43. The highest BCUT2D eigenvalue weighted by Gasteiger charge is 2.24. The predicted molar refractivity (Wildman–Crippen MR) is 93.6 cm³/mol. The summed E-state index contributed by atoms with van der Waals surface area (Å²) in [6, 6.07) is 12.0. The lowest BCUT2D eigenvalue weighted by molar-refractivity contribution is -0.676. The highest BCUT2D eigenvalue weighted by molar-refractivity contribution is 5.48. The normalized spacial score (nSPS) is 20.7. The molecule has 0 fully saturated rings. The monoisotopic (exact) mass is 342 g/mol. The van der Waals surface area contributed by atoms with E-state index in [0.29, 0.717) is 6.61 Å². The Morgan fingerprint density at radius 3 is 2.80 bits per heavy atom. The highest BCUT2D eigenvalue weighted by atomic mass is 16.6. The van der Waals surface area contributed by atoms with Crippen molar-refractivity contribution in [2.75, 3.05) is 20.3 Å². The van der Waals surface area contributed by atoms with Gasteiger partial charge in [0.2, 0.25) is 0 Å². The molecule has 0 aliphatic carbocycles. The molecule has 0 radical (unpaired) electrons. The predicted octanol–water partition coefficient (Wildman–Crippen LogP) is 1.92. The first kappa shape index (κ1) is 16.1. The summed E-state index contributed by atoms with van der Waals surface area (Å²) in [7, 11) is 1.72. The molecule has 2 aromatic carbocycles. The molecule has 2 aromatic rings. The first-order chi connectivity index (χ1) is 12.2. The molecule has 132 valence electrons. The van der Waals surface area contributed by atoms with Crippen LogP contribution in [0.3, 0.4) is 0 Å². The Kier molecular flexibility index (Phi) is 4.40. The second kappa shape index (κ2) is 6.84. The third-order valence-corrected chi connectivity index (χ3v) is 4.66. The van der Waals surface area contributed by atoms with E-state index in [2.05, 4.69) is 24.4 Å². The zero-order valence-electron chi connectivity index (χ0n) is 14.7. The number of ether oxygens (including phenoxy) is 4. The van der Waals surface area contributed by atoms with Gasteiger partial charge in [-0.1, -0.05) is 12.1 Å². The fourth-order valence-electron chi connectivity index (χ4n) is 3.43. The van der Waals surface area contributed by atoms with Gasteiger partial charge >= 0.3 is 0 Å². The van der Waals surface area contributed by atoms with Crippen molar-refractivity contribution in [1.82, 2.24) is 0 Å². The van der Waals surface area contributed by atoms with Gasteiger partial charge in [-0.2, -0.15) is 0 Å². The zero-order valence-corrected chi connectivity index (χ0v) is 14.7. The Morgan fingerprint density at radius 1 is 1.12 bits per heavy atom. The van der Waals surface area contributed by atoms with E-state index in [-0.39, 0.29) is 12.2 Å². The molecule has 0 saturated carbocycles. The minimum Gasteiger partial charge on any atom is -0.496 e. The van der Waals surface area contributed by atoms with Crippen molar-refractivity contribution in [2.45, 2.75) is 32.1 Å². The standard InChI is InChI=1S/C20H23NO4/c1-13-7-14-8-19(22-2)15(9-20(14)24-13)10-21-11-16-12-23-17-5-3-4-6-18(17)25-16/h3-6,8-9,13,16,21H,7,10-12H2,1-2H3/p+1/t13-,16+/m0/s1. The Balaban J connectivity index is 1.37. The maximum absolute atomic E-state index is 6.00. The smallest absolute Gasteiger partial charge is 0.181 e. The number of benzene rings is 2. The van der Waals surface area contributed by atoms with Crippen molar-refractivity contribution in [3.8, 4) is 23.0 Å². The van der Waals surface area contributed by atoms with Crippen LogP contribution < -0.4 is 24.3 Å². The zero-order chi connectivity index (χ0) is 17.2. The number of fused-ring (bicyclic) bond motifs is 2. The number of nitrogens with two attached hydrogens (primary N) is 1. The molecule has 2 heterocycles. The Hall–Kier alpha value is -2.40. The summed E-state index contributed by atoms with van der Waals surface area (Å²) in [4.78, 5) is 0. The summed E-state index contributed by atoms with van der Waals surface area (Å²) in [5.74, 6) is 3.57. The van der Waals surface area contributed by atoms with E-state index in [4.69, 9.17) is 18.9 Å². The third-order valence-electron chi connectivity index (χ3n) is 4.66. The molecule has 25 heavy (non-hydrogen) atoms. The van der Waals surface area contributed by atoms with Crippen LogP contribution in [0.1, 0.15) is 18.1 Å². The van der Waals surface area contributed by atoms with Crippen molar-refractivity contribution in [2.24, 2.45) is 0 Å². The van der Waals surface area contributed by atoms with Crippen LogP contribution in [0, 0.1) is 0 Å². The SMILES string of the molecule is COc1cc2c(cc1C[NH2+]C[C@@H]1COc3ccccc3O1)O[C@@H](C)C2. The van der Waals surface area contributed by atoms with Gasteiger partial charge in [0.25, 0.3) is 0 Å². The van der Waals surface area contributed by atoms with Gasteiger partial charge in [-0.05, 0) is 31.2 Å². The van der Waals surface area contributed by atoms with E-state index in [0.717, 1.165) is 48.1 Å². The van der Waals surface area contributed by atoms with Crippen LogP contribution in [-0.4, -0.2) is 32.5 Å². The van der Waals surface area contributed by atoms with Crippen LogP contribution in [0.4, 0.5) is 0 Å². The first-order valence-corrected chi connectivity index (χ1v) is 8.79. The van der Waals surface area contributed by atoms with E-state index in [9.17, 15) is 0 Å². The molecule has 4 rings (SSSR count). The molecule has 2 aliphatic rings. The quantitative estimate of drug-likeness (QED) is 0.902. The molecule has 2 atom stereocenters. The maximum Gasteiger partial charge on any atom is 0.181 e. The average Bonchev–Trinajstić information content (AvgIpc) is 2.99. The number of quaternary nitrogens is 1. The Labute approximate surface area is 147 Å². The van der Waals surface area contributed by atoms with Gasteiger partial charge in [-0.3, -0.25) is 0 Å². The van der Waals surface area contributed by atoms with Crippen molar-refractivity contribution in [3.63, 3.8) is 0 Å². The van der Waals surface area contributed by atoms with Crippen LogP contribution in [0.25, 0.3) is 0 Å². The molecule has 0 aromatic heterocycles. The summed E-state index contributed by atoms with van der Waals surface area (Å²) >= 11 is 0. The summed E-state index contributed by atoms with van der Waals surface area (Å²) in [6.45, 7) is 4.31. The van der Waals surface area contributed by atoms with Gasteiger partial charge in [0, 0.05) is 12.0 Å². The minimum absolute atomic E-state index is 0.0478. The molecule has 0 saturated heterocycles. The molecule has 2 aliphatic heterocycles. The fraction of sp³-hybridized carbons (Fsp3) is 0.400. The first-order valence-electron chi connectivity index (χ1n) is 8.79. The van der Waals surface area contributed by atoms with Gasteiger partial charge in [-0.25, -0.2) is 0 Å². The van der Waals surface area contributed by atoms with Gasteiger partial charge in [-0.15, -0.1) is 0 Å². The summed E-state index contributed by atoms with van der Waals surface area (Å²) < 4.78 is 23.2. The molecular weight excluding hydrogens is 318 g/mol. The second-order valence-electron chi connectivity index (χ2n) is 6.63. The van der Waals surface area contributed by atoms with Gasteiger partial charge < -0.3 is 24.3 Å². The van der Waals surface area contributed by atoms with Crippen LogP contribution >= 0.6 is 0 Å². The number of hydrogen-bond donors (Lipinski definition) is 1. The Bertz CT molecular complexity index is 761. The van der Waals surface area contributed by atoms with Crippen molar-refractivity contribution in [1.29, 1.82) is 0 Å². The van der Waals surface area contributed by atoms with E-state index < -0.39 is 0 Å². The van der Waals surface area contributed by atoms with Gasteiger partial charge in [0.15, 0.2) is 17.6 Å². The van der Waals surface area contributed by atoms with Gasteiger partial charge in [0.05, 0.1) is 12.7 Å².